The lowest BCUT2D eigenvalue weighted by atomic mass is 10.2. The minimum atomic E-state index is 0.379. The number of thiazole rings is 1. The van der Waals surface area contributed by atoms with Crippen LogP contribution in [0.15, 0.2) is 36.5 Å². The average Bonchev–Trinajstić information content (AvgIpc) is 3.17. The Bertz CT molecular complexity index is 616. The molecule has 1 unspecified atom stereocenters. The third kappa shape index (κ3) is 2.47. The fraction of sp³-hybridized carbons (Fsp3) is 0.333. The van der Waals surface area contributed by atoms with Crippen molar-refractivity contribution in [2.75, 3.05) is 25.0 Å². The van der Waals surface area contributed by atoms with Crippen molar-refractivity contribution in [2.24, 2.45) is 0 Å². The van der Waals surface area contributed by atoms with E-state index in [-0.39, 0.29) is 0 Å². The molecule has 1 aromatic heterocycles. The van der Waals surface area contributed by atoms with Crippen molar-refractivity contribution in [3.8, 4) is 16.6 Å². The quantitative estimate of drug-likeness (QED) is 0.813. The van der Waals surface area contributed by atoms with Crippen LogP contribution in [-0.4, -0.2) is 36.1 Å². The summed E-state index contributed by atoms with van der Waals surface area (Å²) >= 11 is 1.70. The largest absolute Gasteiger partial charge is 0.346 e. The molecule has 0 radical (unpaired) electrons. The van der Waals surface area contributed by atoms with Gasteiger partial charge < -0.3 is 9.80 Å². The van der Waals surface area contributed by atoms with Crippen LogP contribution in [0.3, 0.4) is 0 Å². The summed E-state index contributed by atoms with van der Waals surface area (Å²) in [7, 11) is 2.07. The van der Waals surface area contributed by atoms with E-state index < -0.39 is 0 Å². The van der Waals surface area contributed by atoms with Crippen molar-refractivity contribution in [3.63, 3.8) is 0 Å². The van der Waals surface area contributed by atoms with Gasteiger partial charge in [-0.3, -0.25) is 0 Å². The third-order valence-corrected chi connectivity index (χ3v) is 4.84. The van der Waals surface area contributed by atoms with Crippen LogP contribution < -0.4 is 4.90 Å². The highest BCUT2D eigenvalue weighted by atomic mass is 32.1. The maximum Gasteiger partial charge on any atom is 0.185 e. The number of likely N-dealkylation sites (N-methyl/N-ethyl adjacent to an activating group) is 1. The number of hydrogen-bond donors (Lipinski definition) is 0. The second-order valence-electron chi connectivity index (χ2n) is 4.97. The molecule has 1 saturated heterocycles. The van der Waals surface area contributed by atoms with E-state index in [0.29, 0.717) is 6.04 Å². The van der Waals surface area contributed by atoms with Crippen molar-refractivity contribution < 1.29 is 0 Å². The molecule has 2 heterocycles. The number of hydrogen-bond acceptors (Lipinski definition) is 5. The Hall–Kier alpha value is -2.06. The lowest BCUT2D eigenvalue weighted by molar-refractivity contribution is 0.475. The number of anilines is 1. The van der Waals surface area contributed by atoms with E-state index in [1.165, 1.54) is 10.4 Å². The molecule has 4 nitrogen and oxygen atoms in total. The molecule has 0 amide bonds. The molecule has 1 aliphatic heterocycles. The predicted molar refractivity (Wildman–Crippen MR) is 81.5 cm³/mol. The van der Waals surface area contributed by atoms with Crippen LogP contribution in [0.25, 0.3) is 10.4 Å². The van der Waals surface area contributed by atoms with Crippen LogP contribution in [0, 0.1) is 11.5 Å². The van der Waals surface area contributed by atoms with Crippen molar-refractivity contribution in [3.05, 3.63) is 36.5 Å². The van der Waals surface area contributed by atoms with E-state index in [1.54, 1.807) is 11.3 Å². The first kappa shape index (κ1) is 12.9. The molecule has 0 saturated carbocycles. The van der Waals surface area contributed by atoms with Gasteiger partial charge in [-0.05, 0) is 12.0 Å². The van der Waals surface area contributed by atoms with Gasteiger partial charge in [-0.15, -0.1) is 0 Å². The molecular formula is C15H16N4S. The fourth-order valence-corrected chi connectivity index (χ4v) is 3.42. The number of benzene rings is 1. The first-order chi connectivity index (χ1) is 9.78. The van der Waals surface area contributed by atoms with Crippen LogP contribution in [0.5, 0.6) is 0 Å². The number of likely N-dealkylation sites (tertiary alicyclic amines) is 1. The van der Waals surface area contributed by atoms with Crippen LogP contribution in [0.2, 0.25) is 0 Å². The Morgan fingerprint density at radius 3 is 2.90 bits per heavy atom. The topological polar surface area (TPSA) is 43.2 Å². The molecule has 1 aromatic carbocycles. The van der Waals surface area contributed by atoms with E-state index in [4.69, 9.17) is 5.26 Å². The standard InChI is InChI=1S/C15H16N4S/c1-18(13-7-8-19(10-13)11-16)15-17-9-14(20-15)12-5-3-2-4-6-12/h2-6,9,13H,7-8,10H2,1H3. The van der Waals surface area contributed by atoms with Gasteiger partial charge in [0.1, 0.15) is 0 Å². The van der Waals surface area contributed by atoms with Crippen LogP contribution >= 0.6 is 11.3 Å². The highest BCUT2D eigenvalue weighted by molar-refractivity contribution is 7.18. The monoisotopic (exact) mass is 284 g/mol. The van der Waals surface area contributed by atoms with Crippen LogP contribution in [-0.2, 0) is 0 Å². The Morgan fingerprint density at radius 2 is 2.20 bits per heavy atom. The molecule has 1 fully saturated rings. The third-order valence-electron chi connectivity index (χ3n) is 3.71. The first-order valence-electron chi connectivity index (χ1n) is 6.66. The Labute approximate surface area is 122 Å². The summed E-state index contributed by atoms with van der Waals surface area (Å²) in [5, 5.41) is 9.96. The minimum absolute atomic E-state index is 0.379. The number of aromatic nitrogens is 1. The SMILES string of the molecule is CN(c1ncc(-c2ccccc2)s1)C1CCN(C#N)C1. The zero-order valence-corrected chi connectivity index (χ0v) is 12.2. The molecule has 2 aromatic rings. The second kappa shape index (κ2) is 5.51. The van der Waals surface area contributed by atoms with Crippen LogP contribution in [0.4, 0.5) is 5.13 Å². The lowest BCUT2D eigenvalue weighted by Crippen LogP contribution is -2.33. The summed E-state index contributed by atoms with van der Waals surface area (Å²) in [4.78, 5) is 9.73. The summed E-state index contributed by atoms with van der Waals surface area (Å²) in [5.41, 5.74) is 1.20. The summed E-state index contributed by atoms with van der Waals surface area (Å²) < 4.78 is 0. The van der Waals surface area contributed by atoms with E-state index in [9.17, 15) is 0 Å². The summed E-state index contributed by atoms with van der Waals surface area (Å²) in [5.74, 6) is 0. The van der Waals surface area contributed by atoms with Crippen molar-refractivity contribution >= 4 is 16.5 Å². The molecular weight excluding hydrogens is 268 g/mol. The molecule has 1 atom stereocenters. The van der Waals surface area contributed by atoms with Gasteiger partial charge >= 0.3 is 0 Å². The summed E-state index contributed by atoms with van der Waals surface area (Å²) in [6.07, 6.45) is 5.17. The maximum atomic E-state index is 8.93. The predicted octanol–water partition coefficient (Wildman–Crippen LogP) is 2.80. The van der Waals surface area contributed by atoms with Gasteiger partial charge in [0.05, 0.1) is 10.9 Å². The lowest BCUT2D eigenvalue weighted by Gasteiger charge is -2.22. The molecule has 1 aliphatic rings. The summed E-state index contributed by atoms with van der Waals surface area (Å²) in [6.45, 7) is 1.65. The van der Waals surface area contributed by atoms with Gasteiger partial charge in [-0.25, -0.2) is 4.98 Å². The Morgan fingerprint density at radius 1 is 1.40 bits per heavy atom. The highest BCUT2D eigenvalue weighted by Gasteiger charge is 2.26. The van der Waals surface area contributed by atoms with Crippen molar-refractivity contribution in [1.29, 1.82) is 5.26 Å². The maximum absolute atomic E-state index is 8.93. The summed E-state index contributed by atoms with van der Waals surface area (Å²) in [6, 6.07) is 10.7. The molecule has 0 aliphatic carbocycles. The molecule has 102 valence electrons. The molecule has 0 N–H and O–H groups in total. The smallest absolute Gasteiger partial charge is 0.185 e. The fourth-order valence-electron chi connectivity index (χ4n) is 2.47. The number of nitrogens with zero attached hydrogens (tertiary/aromatic N) is 4. The van der Waals surface area contributed by atoms with Gasteiger partial charge in [-0.2, -0.15) is 5.26 Å². The van der Waals surface area contributed by atoms with E-state index >= 15 is 0 Å². The van der Waals surface area contributed by atoms with Gasteiger partial charge in [0.25, 0.3) is 0 Å². The second-order valence-corrected chi connectivity index (χ2v) is 5.98. The zero-order valence-electron chi connectivity index (χ0n) is 11.4. The molecule has 5 heteroatoms. The van der Waals surface area contributed by atoms with E-state index in [1.807, 2.05) is 29.3 Å². The average molecular weight is 284 g/mol. The molecule has 0 spiro atoms. The number of rotatable bonds is 3. The zero-order chi connectivity index (χ0) is 13.9. The first-order valence-corrected chi connectivity index (χ1v) is 7.48. The van der Waals surface area contributed by atoms with E-state index in [2.05, 4.69) is 35.3 Å². The number of nitriles is 1. The highest BCUT2D eigenvalue weighted by Crippen LogP contribution is 2.32. The Balaban J connectivity index is 1.76. The van der Waals surface area contributed by atoms with E-state index in [0.717, 1.165) is 24.6 Å². The molecule has 20 heavy (non-hydrogen) atoms. The molecule has 0 bridgehead atoms. The minimum Gasteiger partial charge on any atom is -0.346 e. The van der Waals surface area contributed by atoms with Gasteiger partial charge in [0, 0.05) is 26.3 Å². The van der Waals surface area contributed by atoms with Gasteiger partial charge in [-0.1, -0.05) is 41.7 Å². The normalized spacial score (nSPS) is 18.0. The van der Waals surface area contributed by atoms with Gasteiger partial charge in [0.15, 0.2) is 11.3 Å². The van der Waals surface area contributed by atoms with Crippen molar-refractivity contribution in [2.45, 2.75) is 12.5 Å². The van der Waals surface area contributed by atoms with Gasteiger partial charge in [0.2, 0.25) is 0 Å². The Kier molecular flexibility index (Phi) is 3.57. The van der Waals surface area contributed by atoms with Crippen LogP contribution in [0.1, 0.15) is 6.42 Å². The molecule has 3 rings (SSSR count). The van der Waals surface area contributed by atoms with Crippen molar-refractivity contribution in [1.82, 2.24) is 9.88 Å².